The highest BCUT2D eigenvalue weighted by atomic mass is 32.2. The average Bonchev–Trinajstić information content (AvgIpc) is 2.51. The number of carbonyl (C=O) groups excluding carboxylic acids is 2. The third-order valence-corrected chi connectivity index (χ3v) is 4.97. The van der Waals surface area contributed by atoms with Crippen LogP contribution < -0.4 is 16.2 Å². The quantitative estimate of drug-likeness (QED) is 0.436. The predicted molar refractivity (Wildman–Crippen MR) is 90.4 cm³/mol. The van der Waals surface area contributed by atoms with Gasteiger partial charge in [0.05, 0.1) is 5.75 Å². The van der Waals surface area contributed by atoms with Gasteiger partial charge in [-0.1, -0.05) is 19.4 Å². The number of carbonyl (C=O) groups is 3. The van der Waals surface area contributed by atoms with Crippen LogP contribution in [0.4, 0.5) is 0 Å². The summed E-state index contributed by atoms with van der Waals surface area (Å²) in [5.74, 6) is -3.44. The molecule has 0 heterocycles. The molecule has 0 radical (unpaired) electrons. The molecule has 0 fully saturated rings. The fourth-order valence-corrected chi connectivity index (χ4v) is 3.67. The Balaban J connectivity index is 3.25. The zero-order valence-electron chi connectivity index (χ0n) is 13.7. The second kappa shape index (κ2) is 8.58. The van der Waals surface area contributed by atoms with Gasteiger partial charge in [-0.05, 0) is 24.1 Å². The first-order valence-electron chi connectivity index (χ1n) is 7.53. The first kappa shape index (κ1) is 20.6. The Morgan fingerprint density at radius 3 is 2.08 bits per heavy atom. The lowest BCUT2D eigenvalue weighted by Crippen LogP contribution is -2.44. The summed E-state index contributed by atoms with van der Waals surface area (Å²) in [5.41, 5.74) is 10.3. The van der Waals surface area contributed by atoms with Crippen LogP contribution in [0, 0.1) is 0 Å². The van der Waals surface area contributed by atoms with Gasteiger partial charge in [-0.2, -0.15) is 0 Å². The van der Waals surface area contributed by atoms with E-state index in [-0.39, 0.29) is 22.4 Å². The number of rotatable bonds is 10. The van der Waals surface area contributed by atoms with Crippen molar-refractivity contribution in [2.24, 2.45) is 11.5 Å². The summed E-state index contributed by atoms with van der Waals surface area (Å²) in [4.78, 5) is 34.6. The minimum Gasteiger partial charge on any atom is -0.480 e. The molecule has 0 spiro atoms. The first-order chi connectivity index (χ1) is 11.6. The highest BCUT2D eigenvalue weighted by molar-refractivity contribution is 7.89. The molecule has 25 heavy (non-hydrogen) atoms. The van der Waals surface area contributed by atoms with E-state index in [0.29, 0.717) is 12.8 Å². The SMILES string of the molecule is CCCCS(=O)(=O)N[C@@H](Cc1c(C(N)=O)cccc1C(N)=O)C(=O)O. The molecule has 0 bridgehead atoms. The van der Waals surface area contributed by atoms with Gasteiger partial charge in [0.25, 0.3) is 0 Å². The summed E-state index contributed by atoms with van der Waals surface area (Å²) in [6.45, 7) is 1.80. The molecule has 9 nitrogen and oxygen atoms in total. The normalized spacial score (nSPS) is 12.5. The van der Waals surface area contributed by atoms with Crippen molar-refractivity contribution in [2.45, 2.75) is 32.2 Å². The van der Waals surface area contributed by atoms with Gasteiger partial charge < -0.3 is 16.6 Å². The Kier molecular flexibility index (Phi) is 7.07. The molecule has 0 aliphatic heterocycles. The second-order valence-electron chi connectivity index (χ2n) is 5.45. The summed E-state index contributed by atoms with van der Waals surface area (Å²) in [6.07, 6.45) is 0.541. The van der Waals surface area contributed by atoms with Gasteiger partial charge >= 0.3 is 5.97 Å². The minimum absolute atomic E-state index is 0.00640. The number of primary amides is 2. The number of hydrogen-bond donors (Lipinski definition) is 4. The highest BCUT2D eigenvalue weighted by Gasteiger charge is 2.27. The summed E-state index contributed by atoms with van der Waals surface area (Å²) in [6, 6.07) is 2.44. The topological polar surface area (TPSA) is 170 Å². The van der Waals surface area contributed by atoms with Crippen LogP contribution in [0.25, 0.3) is 0 Å². The van der Waals surface area contributed by atoms with E-state index in [4.69, 9.17) is 11.5 Å². The van der Waals surface area contributed by atoms with E-state index in [1.165, 1.54) is 18.2 Å². The number of aliphatic carboxylic acids is 1. The van der Waals surface area contributed by atoms with E-state index in [9.17, 15) is 27.9 Å². The fraction of sp³-hybridized carbons (Fsp3) is 0.400. The van der Waals surface area contributed by atoms with E-state index in [0.717, 1.165) is 0 Å². The molecule has 138 valence electrons. The van der Waals surface area contributed by atoms with Gasteiger partial charge in [-0.15, -0.1) is 0 Å². The molecular formula is C15H21N3O6S. The molecule has 1 aromatic rings. The van der Waals surface area contributed by atoms with Gasteiger partial charge in [0.1, 0.15) is 6.04 Å². The van der Waals surface area contributed by atoms with E-state index in [2.05, 4.69) is 4.72 Å². The summed E-state index contributed by atoms with van der Waals surface area (Å²) >= 11 is 0. The van der Waals surface area contributed by atoms with Gasteiger partial charge in [0.2, 0.25) is 21.8 Å². The van der Waals surface area contributed by atoms with Crippen molar-refractivity contribution in [3.05, 3.63) is 34.9 Å². The molecule has 2 amide bonds. The molecule has 10 heteroatoms. The molecule has 0 aliphatic rings. The van der Waals surface area contributed by atoms with Crippen molar-refractivity contribution in [1.82, 2.24) is 4.72 Å². The van der Waals surface area contributed by atoms with Crippen LogP contribution in [0.3, 0.4) is 0 Å². The van der Waals surface area contributed by atoms with Gasteiger partial charge in [0.15, 0.2) is 0 Å². The van der Waals surface area contributed by atoms with Crippen LogP contribution in [0.2, 0.25) is 0 Å². The van der Waals surface area contributed by atoms with E-state index >= 15 is 0 Å². The molecule has 0 unspecified atom stereocenters. The number of unbranched alkanes of at least 4 members (excludes halogenated alkanes) is 1. The minimum atomic E-state index is -3.84. The zero-order chi connectivity index (χ0) is 19.2. The van der Waals surface area contributed by atoms with Crippen molar-refractivity contribution in [3.63, 3.8) is 0 Å². The maximum atomic E-state index is 12.0. The maximum Gasteiger partial charge on any atom is 0.322 e. The molecule has 0 aromatic heterocycles. The van der Waals surface area contributed by atoms with Crippen LogP contribution in [0.5, 0.6) is 0 Å². The van der Waals surface area contributed by atoms with E-state index < -0.39 is 40.3 Å². The lowest BCUT2D eigenvalue weighted by atomic mass is 9.94. The Morgan fingerprint density at radius 1 is 1.16 bits per heavy atom. The Morgan fingerprint density at radius 2 is 1.68 bits per heavy atom. The largest absolute Gasteiger partial charge is 0.480 e. The van der Waals surface area contributed by atoms with Crippen LogP contribution >= 0.6 is 0 Å². The molecule has 1 aromatic carbocycles. The molecule has 0 saturated carbocycles. The Hall–Kier alpha value is -2.46. The standard InChI is InChI=1S/C15H21N3O6S/c1-2-3-7-25(23,24)18-12(15(21)22)8-11-9(13(16)19)5-4-6-10(11)14(17)20/h4-6,12,18H,2-3,7-8H2,1H3,(H2,16,19)(H2,17,20)(H,21,22)/t12-/m0/s1. The third-order valence-electron chi connectivity index (χ3n) is 3.50. The molecule has 1 rings (SSSR count). The number of amides is 2. The van der Waals surface area contributed by atoms with Crippen molar-refractivity contribution in [3.8, 4) is 0 Å². The average molecular weight is 371 g/mol. The Bertz CT molecular complexity index is 743. The zero-order valence-corrected chi connectivity index (χ0v) is 14.5. The van der Waals surface area contributed by atoms with Crippen LogP contribution in [-0.2, 0) is 21.2 Å². The first-order valence-corrected chi connectivity index (χ1v) is 9.18. The van der Waals surface area contributed by atoms with Crippen LogP contribution in [0.1, 0.15) is 46.0 Å². The molecule has 0 saturated heterocycles. The number of sulfonamides is 1. The Labute approximate surface area is 145 Å². The number of nitrogens with one attached hydrogen (secondary N) is 1. The number of carboxylic acids is 1. The lowest BCUT2D eigenvalue weighted by molar-refractivity contribution is -0.138. The molecule has 0 aliphatic carbocycles. The second-order valence-corrected chi connectivity index (χ2v) is 7.32. The van der Waals surface area contributed by atoms with Crippen LogP contribution in [-0.4, -0.2) is 43.1 Å². The van der Waals surface area contributed by atoms with Gasteiger partial charge in [-0.25, -0.2) is 13.1 Å². The molecule has 1 atom stereocenters. The summed E-state index contributed by atoms with van der Waals surface area (Å²) in [7, 11) is -3.84. The smallest absolute Gasteiger partial charge is 0.322 e. The monoisotopic (exact) mass is 371 g/mol. The number of hydrogen-bond acceptors (Lipinski definition) is 5. The maximum absolute atomic E-state index is 12.0. The van der Waals surface area contributed by atoms with Crippen molar-refractivity contribution in [1.29, 1.82) is 0 Å². The summed E-state index contributed by atoms with van der Waals surface area (Å²) in [5, 5.41) is 9.32. The van der Waals surface area contributed by atoms with Crippen molar-refractivity contribution >= 4 is 27.8 Å². The number of nitrogens with two attached hydrogens (primary N) is 2. The van der Waals surface area contributed by atoms with Crippen LogP contribution in [0.15, 0.2) is 18.2 Å². The predicted octanol–water partition coefficient (Wildman–Crippen LogP) is -0.400. The molecular weight excluding hydrogens is 350 g/mol. The van der Waals surface area contributed by atoms with E-state index in [1.54, 1.807) is 6.92 Å². The summed E-state index contributed by atoms with van der Waals surface area (Å²) < 4.78 is 26.0. The van der Waals surface area contributed by atoms with Gasteiger partial charge in [-0.3, -0.25) is 14.4 Å². The van der Waals surface area contributed by atoms with E-state index in [1.807, 2.05) is 0 Å². The third kappa shape index (κ3) is 5.84. The number of carboxylic acid groups (broad SMARTS) is 1. The highest BCUT2D eigenvalue weighted by Crippen LogP contribution is 2.17. The fourth-order valence-electron chi connectivity index (χ4n) is 2.26. The lowest BCUT2D eigenvalue weighted by Gasteiger charge is -2.18. The van der Waals surface area contributed by atoms with Gasteiger partial charge in [0, 0.05) is 17.5 Å². The molecule has 6 N–H and O–H groups in total. The van der Waals surface area contributed by atoms with Crippen molar-refractivity contribution < 1.29 is 27.9 Å². The number of benzene rings is 1. The van der Waals surface area contributed by atoms with Crippen molar-refractivity contribution in [2.75, 3.05) is 5.75 Å².